The van der Waals surface area contributed by atoms with E-state index in [-0.39, 0.29) is 17.8 Å². The zero-order valence-electron chi connectivity index (χ0n) is 9.91. The molecule has 0 fully saturated rings. The van der Waals surface area contributed by atoms with E-state index >= 15 is 0 Å². The third-order valence-corrected chi connectivity index (χ3v) is 3.49. The zero-order chi connectivity index (χ0) is 11.9. The van der Waals surface area contributed by atoms with Crippen molar-refractivity contribution in [2.24, 2.45) is 5.41 Å². The molecule has 0 heterocycles. The van der Waals surface area contributed by atoms with Crippen LogP contribution in [0.15, 0.2) is 0 Å². The van der Waals surface area contributed by atoms with Crippen LogP contribution in [0, 0.1) is 5.41 Å². The molecule has 0 spiro atoms. The van der Waals surface area contributed by atoms with Gasteiger partial charge < -0.3 is 5.11 Å². The molecule has 0 saturated carbocycles. The normalized spacial score (nSPS) is 13.1. The molecule has 0 radical (unpaired) electrons. The molecule has 4 nitrogen and oxygen atoms in total. The molecular formula is C10H23NO3S. The highest BCUT2D eigenvalue weighted by molar-refractivity contribution is 7.89. The van der Waals surface area contributed by atoms with E-state index in [1.165, 1.54) is 0 Å². The van der Waals surface area contributed by atoms with Gasteiger partial charge in [0.15, 0.2) is 0 Å². The zero-order valence-corrected chi connectivity index (χ0v) is 10.7. The standard InChI is InChI=1S/C10H23NO3S/c1-10(2,3)6-7-11-15(13,14)9-5-4-8-12/h11-12H,4-9H2,1-3H3. The minimum Gasteiger partial charge on any atom is -0.396 e. The number of hydrogen-bond donors (Lipinski definition) is 2. The van der Waals surface area contributed by atoms with Gasteiger partial charge in [0.1, 0.15) is 0 Å². The van der Waals surface area contributed by atoms with Crippen molar-refractivity contribution in [2.45, 2.75) is 40.0 Å². The van der Waals surface area contributed by atoms with Gasteiger partial charge in [0, 0.05) is 13.2 Å². The Labute approximate surface area is 93.1 Å². The Morgan fingerprint density at radius 3 is 2.27 bits per heavy atom. The molecule has 0 unspecified atom stereocenters. The number of rotatable bonds is 7. The average Bonchev–Trinajstić information content (AvgIpc) is 2.01. The molecule has 15 heavy (non-hydrogen) atoms. The van der Waals surface area contributed by atoms with Crippen LogP contribution in [0.3, 0.4) is 0 Å². The SMILES string of the molecule is CC(C)(C)CCNS(=O)(=O)CCCCO. The summed E-state index contributed by atoms with van der Waals surface area (Å²) in [5.74, 6) is 0.109. The number of sulfonamides is 1. The Morgan fingerprint density at radius 2 is 1.80 bits per heavy atom. The predicted molar refractivity (Wildman–Crippen MR) is 62.2 cm³/mol. The van der Waals surface area contributed by atoms with Crippen LogP contribution in [0.25, 0.3) is 0 Å². The predicted octanol–water partition coefficient (Wildman–Crippen LogP) is 1.11. The van der Waals surface area contributed by atoms with E-state index in [1.54, 1.807) is 0 Å². The van der Waals surface area contributed by atoms with Gasteiger partial charge in [-0.3, -0.25) is 0 Å². The second-order valence-electron chi connectivity index (χ2n) is 4.95. The van der Waals surface area contributed by atoms with E-state index in [4.69, 9.17) is 5.11 Å². The summed E-state index contributed by atoms with van der Waals surface area (Å²) >= 11 is 0. The monoisotopic (exact) mass is 237 g/mol. The van der Waals surface area contributed by atoms with Crippen molar-refractivity contribution in [1.82, 2.24) is 4.72 Å². The van der Waals surface area contributed by atoms with Crippen molar-refractivity contribution >= 4 is 10.0 Å². The minimum absolute atomic E-state index is 0.0531. The van der Waals surface area contributed by atoms with Crippen LogP contribution in [0.5, 0.6) is 0 Å². The fraction of sp³-hybridized carbons (Fsp3) is 1.00. The van der Waals surface area contributed by atoms with E-state index in [0.29, 0.717) is 19.4 Å². The fourth-order valence-corrected chi connectivity index (χ4v) is 2.20. The average molecular weight is 237 g/mol. The molecule has 0 aromatic heterocycles. The molecular weight excluding hydrogens is 214 g/mol. The summed E-state index contributed by atoms with van der Waals surface area (Å²) in [6.45, 7) is 6.77. The molecule has 5 heteroatoms. The van der Waals surface area contributed by atoms with Gasteiger partial charge in [0.2, 0.25) is 10.0 Å². The molecule has 2 N–H and O–H groups in total. The number of hydrogen-bond acceptors (Lipinski definition) is 3. The lowest BCUT2D eigenvalue weighted by molar-refractivity contribution is 0.287. The molecule has 0 rings (SSSR count). The van der Waals surface area contributed by atoms with E-state index in [1.807, 2.05) is 0 Å². The molecule has 0 aromatic rings. The Balaban J connectivity index is 3.75. The molecule has 0 saturated heterocycles. The quantitative estimate of drug-likeness (QED) is 0.652. The number of aliphatic hydroxyl groups excluding tert-OH is 1. The van der Waals surface area contributed by atoms with Crippen LogP contribution in [-0.2, 0) is 10.0 Å². The van der Waals surface area contributed by atoms with Crippen LogP contribution >= 0.6 is 0 Å². The van der Waals surface area contributed by atoms with Crippen LogP contribution in [0.2, 0.25) is 0 Å². The Kier molecular flexibility index (Phi) is 6.40. The van der Waals surface area contributed by atoms with Crippen molar-refractivity contribution in [3.63, 3.8) is 0 Å². The minimum atomic E-state index is -3.14. The summed E-state index contributed by atoms with van der Waals surface area (Å²) in [4.78, 5) is 0. The lowest BCUT2D eigenvalue weighted by atomic mass is 9.93. The molecule has 92 valence electrons. The highest BCUT2D eigenvalue weighted by atomic mass is 32.2. The van der Waals surface area contributed by atoms with Gasteiger partial charge in [-0.05, 0) is 24.7 Å². The first-order valence-electron chi connectivity index (χ1n) is 5.35. The van der Waals surface area contributed by atoms with Crippen LogP contribution in [0.4, 0.5) is 0 Å². The maximum atomic E-state index is 11.4. The third kappa shape index (κ3) is 10.2. The summed E-state index contributed by atoms with van der Waals surface area (Å²) in [6.07, 6.45) is 1.88. The first-order valence-corrected chi connectivity index (χ1v) is 7.00. The van der Waals surface area contributed by atoms with Gasteiger partial charge in [-0.2, -0.15) is 0 Å². The van der Waals surface area contributed by atoms with E-state index in [0.717, 1.165) is 6.42 Å². The number of nitrogens with one attached hydrogen (secondary N) is 1. The summed E-state index contributed by atoms with van der Waals surface area (Å²) in [7, 11) is -3.14. The number of unbranched alkanes of at least 4 members (excludes halogenated alkanes) is 1. The van der Waals surface area contributed by atoms with Gasteiger partial charge >= 0.3 is 0 Å². The molecule has 0 aliphatic rings. The van der Waals surface area contributed by atoms with Crippen LogP contribution in [-0.4, -0.2) is 32.4 Å². The van der Waals surface area contributed by atoms with Crippen molar-refractivity contribution in [2.75, 3.05) is 18.9 Å². The molecule has 0 bridgehead atoms. The maximum absolute atomic E-state index is 11.4. The van der Waals surface area contributed by atoms with Crippen molar-refractivity contribution < 1.29 is 13.5 Å². The third-order valence-electron chi connectivity index (χ3n) is 2.02. The molecule has 0 amide bonds. The van der Waals surface area contributed by atoms with Gasteiger partial charge in [-0.15, -0.1) is 0 Å². The van der Waals surface area contributed by atoms with E-state index in [2.05, 4.69) is 25.5 Å². The molecule has 0 aliphatic carbocycles. The van der Waals surface area contributed by atoms with E-state index in [9.17, 15) is 8.42 Å². The summed E-state index contributed by atoms with van der Waals surface area (Å²) in [5, 5.41) is 8.53. The maximum Gasteiger partial charge on any atom is 0.211 e. The first-order chi connectivity index (χ1) is 6.77. The highest BCUT2D eigenvalue weighted by Crippen LogP contribution is 2.17. The van der Waals surface area contributed by atoms with E-state index < -0.39 is 10.0 Å². The smallest absolute Gasteiger partial charge is 0.211 e. The van der Waals surface area contributed by atoms with Gasteiger partial charge in [-0.25, -0.2) is 13.1 Å². The highest BCUT2D eigenvalue weighted by Gasteiger charge is 2.13. The molecule has 0 aliphatic heterocycles. The van der Waals surface area contributed by atoms with Crippen molar-refractivity contribution in [3.8, 4) is 0 Å². The van der Waals surface area contributed by atoms with Crippen LogP contribution in [0.1, 0.15) is 40.0 Å². The first kappa shape index (κ1) is 14.9. The molecule has 0 aromatic carbocycles. The van der Waals surface area contributed by atoms with Crippen LogP contribution < -0.4 is 4.72 Å². The molecule has 0 atom stereocenters. The number of aliphatic hydroxyl groups is 1. The second kappa shape index (κ2) is 6.45. The lowest BCUT2D eigenvalue weighted by Crippen LogP contribution is -2.29. The summed E-state index contributed by atoms with van der Waals surface area (Å²) in [5.41, 5.74) is 0.146. The second-order valence-corrected chi connectivity index (χ2v) is 6.88. The summed E-state index contributed by atoms with van der Waals surface area (Å²) < 4.78 is 25.4. The lowest BCUT2D eigenvalue weighted by Gasteiger charge is -2.17. The largest absolute Gasteiger partial charge is 0.396 e. The Morgan fingerprint density at radius 1 is 1.20 bits per heavy atom. The summed E-state index contributed by atoms with van der Waals surface area (Å²) in [6, 6.07) is 0. The van der Waals surface area contributed by atoms with Gasteiger partial charge in [0.25, 0.3) is 0 Å². The Bertz CT molecular complexity index is 254. The van der Waals surface area contributed by atoms with Crippen molar-refractivity contribution in [3.05, 3.63) is 0 Å². The Hall–Kier alpha value is -0.130. The van der Waals surface area contributed by atoms with Crippen molar-refractivity contribution in [1.29, 1.82) is 0 Å². The van der Waals surface area contributed by atoms with Gasteiger partial charge in [-0.1, -0.05) is 20.8 Å². The van der Waals surface area contributed by atoms with Gasteiger partial charge in [0.05, 0.1) is 5.75 Å². The topological polar surface area (TPSA) is 66.4 Å². The fourth-order valence-electron chi connectivity index (χ4n) is 1.06.